The topological polar surface area (TPSA) is 46.5 Å². The van der Waals surface area contributed by atoms with Gasteiger partial charge in [0.1, 0.15) is 0 Å². The van der Waals surface area contributed by atoms with E-state index in [0.29, 0.717) is 6.42 Å². The third-order valence-electron chi connectivity index (χ3n) is 4.45. The molecule has 1 heterocycles. The van der Waals surface area contributed by atoms with Crippen LogP contribution in [0.2, 0.25) is 0 Å². The SMILES string of the molecule is Cc1cc(C)c(C)c(C2(CCC(=O)O)CCO2)c1C. The smallest absolute Gasteiger partial charge is 0.303 e. The number of aliphatic carboxylic acids is 1. The minimum Gasteiger partial charge on any atom is -0.481 e. The molecule has 1 aromatic rings. The van der Waals surface area contributed by atoms with Crippen LogP contribution in [-0.2, 0) is 15.1 Å². The van der Waals surface area contributed by atoms with Gasteiger partial charge >= 0.3 is 5.97 Å². The van der Waals surface area contributed by atoms with E-state index in [1.807, 2.05) is 0 Å². The van der Waals surface area contributed by atoms with Crippen molar-refractivity contribution in [3.05, 3.63) is 33.9 Å². The van der Waals surface area contributed by atoms with Gasteiger partial charge in [0.15, 0.2) is 0 Å². The number of hydrogen-bond acceptors (Lipinski definition) is 2. The minimum absolute atomic E-state index is 0.159. The zero-order valence-electron chi connectivity index (χ0n) is 12.2. The summed E-state index contributed by atoms with van der Waals surface area (Å²) in [6.45, 7) is 9.16. The lowest BCUT2D eigenvalue weighted by Gasteiger charge is -2.44. The molecule has 1 aliphatic heterocycles. The van der Waals surface area contributed by atoms with Gasteiger partial charge in [0.05, 0.1) is 12.2 Å². The highest BCUT2D eigenvalue weighted by Crippen LogP contribution is 2.45. The van der Waals surface area contributed by atoms with Crippen LogP contribution in [0.15, 0.2) is 6.07 Å². The number of hydrogen-bond donors (Lipinski definition) is 1. The number of carboxylic acid groups (broad SMARTS) is 1. The van der Waals surface area contributed by atoms with Crippen LogP contribution in [0.3, 0.4) is 0 Å². The Balaban J connectivity index is 2.46. The second kappa shape index (κ2) is 4.97. The Hall–Kier alpha value is -1.35. The molecule has 1 saturated heterocycles. The summed E-state index contributed by atoms with van der Waals surface area (Å²) in [7, 11) is 0. The summed E-state index contributed by atoms with van der Waals surface area (Å²) in [5.41, 5.74) is 5.84. The summed E-state index contributed by atoms with van der Waals surface area (Å²) >= 11 is 0. The molecule has 0 spiro atoms. The van der Waals surface area contributed by atoms with Gasteiger partial charge < -0.3 is 9.84 Å². The Kier molecular flexibility index (Phi) is 3.68. The van der Waals surface area contributed by atoms with Crippen LogP contribution in [0.1, 0.15) is 47.1 Å². The molecule has 1 aliphatic rings. The predicted octanol–water partition coefficient (Wildman–Crippen LogP) is 3.40. The van der Waals surface area contributed by atoms with E-state index < -0.39 is 5.97 Å². The molecule has 3 heteroatoms. The Bertz CT molecular complexity index is 487. The van der Waals surface area contributed by atoms with Gasteiger partial charge in [-0.25, -0.2) is 0 Å². The predicted molar refractivity (Wildman–Crippen MR) is 74.5 cm³/mol. The minimum atomic E-state index is -0.755. The average Bonchev–Trinajstić information content (AvgIpc) is 2.28. The van der Waals surface area contributed by atoms with Gasteiger partial charge in [0, 0.05) is 12.8 Å². The van der Waals surface area contributed by atoms with Gasteiger partial charge in [0.25, 0.3) is 0 Å². The summed E-state index contributed by atoms with van der Waals surface area (Å²) in [5.74, 6) is -0.755. The maximum atomic E-state index is 10.9. The molecule has 0 aromatic heterocycles. The van der Waals surface area contributed by atoms with Crippen molar-refractivity contribution in [2.45, 2.75) is 52.6 Å². The number of rotatable bonds is 4. The van der Waals surface area contributed by atoms with Crippen molar-refractivity contribution in [3.8, 4) is 0 Å². The summed E-state index contributed by atoms with van der Waals surface area (Å²) in [6, 6.07) is 2.19. The molecular weight excluding hydrogens is 240 g/mol. The number of aryl methyl sites for hydroxylation is 2. The van der Waals surface area contributed by atoms with E-state index in [1.54, 1.807) is 0 Å². The van der Waals surface area contributed by atoms with Crippen molar-refractivity contribution >= 4 is 5.97 Å². The van der Waals surface area contributed by atoms with Crippen molar-refractivity contribution in [3.63, 3.8) is 0 Å². The molecule has 104 valence electrons. The first-order valence-corrected chi connectivity index (χ1v) is 6.81. The van der Waals surface area contributed by atoms with Crippen molar-refractivity contribution < 1.29 is 14.6 Å². The number of carboxylic acids is 1. The van der Waals surface area contributed by atoms with Gasteiger partial charge in [-0.05, 0) is 61.9 Å². The molecule has 19 heavy (non-hydrogen) atoms. The van der Waals surface area contributed by atoms with E-state index in [1.165, 1.54) is 27.8 Å². The fourth-order valence-electron chi connectivity index (χ4n) is 3.08. The molecule has 0 amide bonds. The zero-order valence-corrected chi connectivity index (χ0v) is 12.2. The molecule has 0 radical (unpaired) electrons. The van der Waals surface area contributed by atoms with E-state index in [0.717, 1.165) is 13.0 Å². The molecule has 1 aromatic carbocycles. The molecule has 1 atom stereocenters. The lowest BCUT2D eigenvalue weighted by Crippen LogP contribution is -2.42. The van der Waals surface area contributed by atoms with E-state index in [4.69, 9.17) is 9.84 Å². The molecule has 2 rings (SSSR count). The first-order valence-electron chi connectivity index (χ1n) is 6.81. The van der Waals surface area contributed by atoms with Crippen molar-refractivity contribution in [2.75, 3.05) is 6.61 Å². The summed E-state index contributed by atoms with van der Waals surface area (Å²) in [5, 5.41) is 8.94. The lowest BCUT2D eigenvalue weighted by molar-refractivity contribution is -0.166. The maximum Gasteiger partial charge on any atom is 0.303 e. The number of carbonyl (C=O) groups is 1. The van der Waals surface area contributed by atoms with E-state index in [2.05, 4.69) is 33.8 Å². The van der Waals surface area contributed by atoms with Crippen LogP contribution in [-0.4, -0.2) is 17.7 Å². The molecule has 1 fully saturated rings. The van der Waals surface area contributed by atoms with Crippen molar-refractivity contribution in [1.82, 2.24) is 0 Å². The maximum absolute atomic E-state index is 10.9. The molecule has 1 N–H and O–H groups in total. The Morgan fingerprint density at radius 3 is 2.16 bits per heavy atom. The first kappa shape index (κ1) is 14.1. The average molecular weight is 262 g/mol. The van der Waals surface area contributed by atoms with Crippen molar-refractivity contribution in [2.24, 2.45) is 0 Å². The first-order chi connectivity index (χ1) is 8.87. The van der Waals surface area contributed by atoms with Gasteiger partial charge in [-0.1, -0.05) is 6.07 Å². The summed E-state index contributed by atoms with van der Waals surface area (Å²) in [6.07, 6.45) is 1.64. The van der Waals surface area contributed by atoms with Crippen LogP contribution >= 0.6 is 0 Å². The van der Waals surface area contributed by atoms with E-state index in [9.17, 15) is 4.79 Å². The number of benzene rings is 1. The standard InChI is InChI=1S/C16H22O3/c1-10-9-11(2)13(4)15(12(10)3)16(7-8-19-16)6-5-14(17)18/h9H,5-8H2,1-4H3,(H,17,18). The second-order valence-corrected chi connectivity index (χ2v) is 5.62. The molecule has 0 aliphatic carbocycles. The van der Waals surface area contributed by atoms with Crippen LogP contribution in [0.4, 0.5) is 0 Å². The van der Waals surface area contributed by atoms with Gasteiger partial charge in [0.2, 0.25) is 0 Å². The molecule has 3 nitrogen and oxygen atoms in total. The quantitative estimate of drug-likeness (QED) is 0.904. The zero-order chi connectivity index (χ0) is 14.2. The van der Waals surface area contributed by atoms with Crippen LogP contribution in [0.25, 0.3) is 0 Å². The molecule has 0 saturated carbocycles. The van der Waals surface area contributed by atoms with Gasteiger partial charge in [-0.15, -0.1) is 0 Å². The Morgan fingerprint density at radius 1 is 1.26 bits per heavy atom. The summed E-state index contributed by atoms with van der Waals surface area (Å²) < 4.78 is 5.86. The van der Waals surface area contributed by atoms with Crippen LogP contribution in [0.5, 0.6) is 0 Å². The summed E-state index contributed by atoms with van der Waals surface area (Å²) in [4.78, 5) is 10.9. The Morgan fingerprint density at radius 2 is 1.79 bits per heavy atom. The lowest BCUT2D eigenvalue weighted by atomic mass is 9.76. The molecule has 1 unspecified atom stereocenters. The molecular formula is C16H22O3. The largest absolute Gasteiger partial charge is 0.481 e. The molecule has 0 bridgehead atoms. The third kappa shape index (κ3) is 2.39. The fourth-order valence-corrected chi connectivity index (χ4v) is 3.08. The number of ether oxygens (including phenoxy) is 1. The van der Waals surface area contributed by atoms with E-state index >= 15 is 0 Å². The van der Waals surface area contributed by atoms with E-state index in [-0.39, 0.29) is 12.0 Å². The highest BCUT2D eigenvalue weighted by Gasteiger charge is 2.42. The third-order valence-corrected chi connectivity index (χ3v) is 4.45. The van der Waals surface area contributed by atoms with Gasteiger partial charge in [-0.3, -0.25) is 4.79 Å². The highest BCUT2D eigenvalue weighted by atomic mass is 16.5. The fraction of sp³-hybridized carbons (Fsp3) is 0.562. The monoisotopic (exact) mass is 262 g/mol. The normalized spacial score (nSPS) is 22.1. The highest BCUT2D eigenvalue weighted by molar-refractivity contribution is 5.67. The second-order valence-electron chi connectivity index (χ2n) is 5.62. The van der Waals surface area contributed by atoms with Crippen LogP contribution < -0.4 is 0 Å². The van der Waals surface area contributed by atoms with Crippen molar-refractivity contribution in [1.29, 1.82) is 0 Å². The van der Waals surface area contributed by atoms with Gasteiger partial charge in [-0.2, -0.15) is 0 Å². The van der Waals surface area contributed by atoms with Crippen LogP contribution in [0, 0.1) is 27.7 Å². The Labute approximate surface area is 114 Å².